The summed E-state index contributed by atoms with van der Waals surface area (Å²) in [6, 6.07) is 0. The number of ether oxygens (including phenoxy) is 2. The molecule has 1 aliphatic carbocycles. The normalized spacial score (nSPS) is 13.7. The summed E-state index contributed by atoms with van der Waals surface area (Å²) in [5.74, 6) is 0.111. The Morgan fingerprint density at radius 1 is 0.493 bits per heavy atom. The van der Waals surface area contributed by atoms with Crippen LogP contribution in [0.15, 0.2) is 0 Å². The molecular weight excluding hydrogens is 835 g/mol. The lowest BCUT2D eigenvalue weighted by Crippen LogP contribution is -2.64. The molecule has 1 atom stereocenters. The molecule has 1 N–H and O–H groups in total. The van der Waals surface area contributed by atoms with Crippen molar-refractivity contribution in [3.05, 3.63) is 0 Å². The van der Waals surface area contributed by atoms with E-state index >= 15 is 0 Å². The number of rotatable bonds is 49. The molecule has 1 fully saturated rings. The Bertz CT molecular complexity index is 1170. The van der Waals surface area contributed by atoms with Crippen molar-refractivity contribution >= 4 is 23.8 Å². The fraction of sp³-hybridized carbons (Fsp3) is 0.931. The first-order valence-electron chi connectivity index (χ1n) is 29.2. The average molecular weight is 947 g/mol. The van der Waals surface area contributed by atoms with Crippen LogP contribution < -0.4 is 5.32 Å². The molecule has 67 heavy (non-hydrogen) atoms. The van der Waals surface area contributed by atoms with Crippen molar-refractivity contribution in [1.82, 2.24) is 15.1 Å². The number of nitrogens with one attached hydrogen (secondary N) is 1. The molecule has 1 aliphatic rings. The Kier molecular flexibility index (Phi) is 41.1. The Balaban J connectivity index is 2.64. The van der Waals surface area contributed by atoms with Crippen LogP contribution in [0.2, 0.25) is 0 Å². The van der Waals surface area contributed by atoms with E-state index < -0.39 is 5.54 Å². The lowest BCUT2D eigenvalue weighted by molar-refractivity contribution is -0.154. The van der Waals surface area contributed by atoms with Crippen LogP contribution in [-0.4, -0.2) is 85.5 Å². The molecule has 0 aromatic carbocycles. The molecule has 394 valence electrons. The molecule has 0 spiro atoms. The summed E-state index contributed by atoms with van der Waals surface area (Å²) in [5, 5.41) is 3.17. The van der Waals surface area contributed by atoms with E-state index in [4.69, 9.17) is 9.47 Å². The third kappa shape index (κ3) is 33.1. The van der Waals surface area contributed by atoms with E-state index in [1.807, 2.05) is 19.0 Å². The van der Waals surface area contributed by atoms with Crippen molar-refractivity contribution in [2.24, 2.45) is 5.92 Å². The van der Waals surface area contributed by atoms with Crippen LogP contribution in [0.25, 0.3) is 0 Å². The standard InChI is InChI=1S/C58H111N3O6/c1-7-11-15-19-23-24-26-30-40-52(39-29-25-20-16-12-8-2)51-66-55(63)44-34-33-43-54(62)61(50-38-49-60(5)6)58(46-37-47-58)57(65)59-48-36-35-45-56(64)67-53(41-31-27-21-17-13-9-3)42-32-28-22-18-14-10-4/h52-53H,7-51H2,1-6H3,(H,59,65). The first-order valence-corrected chi connectivity index (χ1v) is 29.2. The zero-order valence-corrected chi connectivity index (χ0v) is 45.3. The first-order chi connectivity index (χ1) is 32.6. The number of unbranched alkanes of at least 4 members (excludes halogenated alkanes) is 24. The maximum atomic E-state index is 14.0. The number of carbonyl (C=O) groups excluding carboxylic acids is 4. The highest BCUT2D eigenvalue weighted by Crippen LogP contribution is 2.39. The third-order valence-corrected chi connectivity index (χ3v) is 14.5. The third-order valence-electron chi connectivity index (χ3n) is 14.5. The van der Waals surface area contributed by atoms with Crippen LogP contribution in [0.1, 0.15) is 291 Å². The van der Waals surface area contributed by atoms with Crippen molar-refractivity contribution in [3.63, 3.8) is 0 Å². The molecule has 9 nitrogen and oxygen atoms in total. The fourth-order valence-electron chi connectivity index (χ4n) is 9.88. The molecule has 1 saturated carbocycles. The monoisotopic (exact) mass is 946 g/mol. The van der Waals surface area contributed by atoms with Gasteiger partial charge in [-0.1, -0.05) is 182 Å². The number of nitrogens with zero attached hydrogens (tertiary/aromatic N) is 2. The van der Waals surface area contributed by atoms with Gasteiger partial charge in [0.1, 0.15) is 11.6 Å². The highest BCUT2D eigenvalue weighted by Gasteiger charge is 2.50. The van der Waals surface area contributed by atoms with E-state index in [9.17, 15) is 19.2 Å². The number of hydrogen-bond acceptors (Lipinski definition) is 7. The van der Waals surface area contributed by atoms with Gasteiger partial charge in [0.2, 0.25) is 11.8 Å². The number of amides is 2. The average Bonchev–Trinajstić information content (AvgIpc) is 3.29. The Hall–Kier alpha value is -2.16. The van der Waals surface area contributed by atoms with Crippen molar-refractivity contribution in [2.75, 3.05) is 40.3 Å². The fourth-order valence-corrected chi connectivity index (χ4v) is 9.88. The minimum atomic E-state index is -0.818. The summed E-state index contributed by atoms with van der Waals surface area (Å²) >= 11 is 0. The van der Waals surface area contributed by atoms with Crippen molar-refractivity contribution < 1.29 is 28.7 Å². The molecule has 9 heteroatoms. The van der Waals surface area contributed by atoms with Gasteiger partial charge < -0.3 is 24.6 Å². The summed E-state index contributed by atoms with van der Waals surface area (Å²) in [6.45, 7) is 11.4. The van der Waals surface area contributed by atoms with Crippen LogP contribution in [-0.2, 0) is 28.7 Å². The molecule has 1 unspecified atom stereocenters. The molecule has 1 rings (SSSR count). The zero-order chi connectivity index (χ0) is 49.1. The second-order valence-electron chi connectivity index (χ2n) is 21.1. The largest absolute Gasteiger partial charge is 0.465 e. The second kappa shape index (κ2) is 43.8. The Morgan fingerprint density at radius 3 is 1.39 bits per heavy atom. The smallest absolute Gasteiger partial charge is 0.306 e. The molecule has 0 heterocycles. The van der Waals surface area contributed by atoms with Crippen LogP contribution in [0.5, 0.6) is 0 Å². The van der Waals surface area contributed by atoms with Gasteiger partial charge in [-0.25, -0.2) is 0 Å². The van der Waals surface area contributed by atoms with Gasteiger partial charge in [0.15, 0.2) is 0 Å². The summed E-state index contributed by atoms with van der Waals surface area (Å²) < 4.78 is 11.9. The maximum absolute atomic E-state index is 14.0. The summed E-state index contributed by atoms with van der Waals surface area (Å²) in [5.41, 5.74) is -0.818. The maximum Gasteiger partial charge on any atom is 0.306 e. The first kappa shape index (κ1) is 62.9. The van der Waals surface area contributed by atoms with E-state index in [0.717, 1.165) is 57.9 Å². The van der Waals surface area contributed by atoms with Crippen LogP contribution in [0, 0.1) is 5.92 Å². The van der Waals surface area contributed by atoms with E-state index in [-0.39, 0.29) is 29.9 Å². The summed E-state index contributed by atoms with van der Waals surface area (Å²) in [6.07, 6.45) is 43.8. The van der Waals surface area contributed by atoms with Crippen LogP contribution in [0.4, 0.5) is 0 Å². The van der Waals surface area contributed by atoms with Gasteiger partial charge in [0.05, 0.1) is 6.61 Å². The number of carbonyl (C=O) groups is 4. The summed E-state index contributed by atoms with van der Waals surface area (Å²) in [4.78, 5) is 57.9. The van der Waals surface area contributed by atoms with Crippen LogP contribution >= 0.6 is 0 Å². The minimum absolute atomic E-state index is 0.00514. The molecule has 0 bridgehead atoms. The van der Waals surface area contributed by atoms with Gasteiger partial charge in [0.25, 0.3) is 0 Å². The lowest BCUT2D eigenvalue weighted by atomic mass is 9.74. The molecular formula is C58H111N3O6. The number of esters is 2. The zero-order valence-electron chi connectivity index (χ0n) is 45.3. The van der Waals surface area contributed by atoms with E-state index in [1.165, 1.54) is 154 Å². The van der Waals surface area contributed by atoms with Crippen molar-refractivity contribution in [2.45, 2.75) is 303 Å². The van der Waals surface area contributed by atoms with E-state index in [2.05, 4.69) is 37.9 Å². The molecule has 0 aromatic heterocycles. The highest BCUT2D eigenvalue weighted by atomic mass is 16.5. The predicted octanol–water partition coefficient (Wildman–Crippen LogP) is 15.4. The van der Waals surface area contributed by atoms with Crippen molar-refractivity contribution in [3.8, 4) is 0 Å². The lowest BCUT2D eigenvalue weighted by Gasteiger charge is -2.49. The highest BCUT2D eigenvalue weighted by molar-refractivity contribution is 5.92. The van der Waals surface area contributed by atoms with Gasteiger partial charge in [0, 0.05) is 32.4 Å². The van der Waals surface area contributed by atoms with E-state index in [0.29, 0.717) is 83.4 Å². The van der Waals surface area contributed by atoms with Crippen LogP contribution in [0.3, 0.4) is 0 Å². The Labute approximate surface area is 414 Å². The SMILES string of the molecule is CCCCCCCCCCC(CCCCCCCC)COC(=O)CCCCC(=O)N(CCCN(C)C)C1(C(=O)NCCCCC(=O)OC(CCCCCCCC)CCCCCCCC)CCC1. The van der Waals surface area contributed by atoms with E-state index in [1.54, 1.807) is 0 Å². The van der Waals surface area contributed by atoms with Gasteiger partial charge in [-0.05, 0) is 116 Å². The molecule has 0 aliphatic heterocycles. The van der Waals surface area contributed by atoms with Gasteiger partial charge >= 0.3 is 11.9 Å². The predicted molar refractivity (Wildman–Crippen MR) is 282 cm³/mol. The van der Waals surface area contributed by atoms with Gasteiger partial charge in [-0.2, -0.15) is 0 Å². The molecule has 2 amide bonds. The quantitative estimate of drug-likeness (QED) is 0.0478. The summed E-state index contributed by atoms with van der Waals surface area (Å²) in [7, 11) is 4.07. The minimum Gasteiger partial charge on any atom is -0.465 e. The molecule has 0 aromatic rings. The van der Waals surface area contributed by atoms with Crippen molar-refractivity contribution in [1.29, 1.82) is 0 Å². The Morgan fingerprint density at radius 2 is 0.925 bits per heavy atom. The van der Waals surface area contributed by atoms with Gasteiger partial charge in [-0.15, -0.1) is 0 Å². The number of hydrogen-bond donors (Lipinski definition) is 1. The van der Waals surface area contributed by atoms with Gasteiger partial charge in [-0.3, -0.25) is 19.2 Å². The molecule has 0 radical (unpaired) electrons. The second-order valence-corrected chi connectivity index (χ2v) is 21.1. The molecule has 0 saturated heterocycles. The topological polar surface area (TPSA) is 105 Å².